The predicted molar refractivity (Wildman–Crippen MR) is 112 cm³/mol. The summed E-state index contributed by atoms with van der Waals surface area (Å²) in [6, 6.07) is 12.3. The van der Waals surface area contributed by atoms with Crippen molar-refractivity contribution in [3.05, 3.63) is 74.2 Å². The van der Waals surface area contributed by atoms with E-state index >= 15 is 0 Å². The summed E-state index contributed by atoms with van der Waals surface area (Å²) in [5, 5.41) is 0.732. The van der Waals surface area contributed by atoms with Crippen molar-refractivity contribution in [2.24, 2.45) is 0 Å². The first-order valence-electron chi connectivity index (χ1n) is 8.31. The number of hydrogen-bond donors (Lipinski definition) is 2. The van der Waals surface area contributed by atoms with Gasteiger partial charge in [-0.25, -0.2) is 9.97 Å². The minimum atomic E-state index is -0.410. The number of hydrogen-bond acceptors (Lipinski definition) is 6. The van der Waals surface area contributed by atoms with Gasteiger partial charge >= 0.3 is 0 Å². The van der Waals surface area contributed by atoms with Crippen molar-refractivity contribution in [1.29, 1.82) is 0 Å². The summed E-state index contributed by atoms with van der Waals surface area (Å²) < 4.78 is 0.510. The van der Waals surface area contributed by atoms with E-state index in [1.807, 2.05) is 32.0 Å². The number of benzene rings is 1. The molecule has 2 heterocycles. The summed E-state index contributed by atoms with van der Waals surface area (Å²) in [7, 11) is 0. The maximum atomic E-state index is 12.2. The van der Waals surface area contributed by atoms with Gasteiger partial charge < -0.3 is 0 Å². The van der Waals surface area contributed by atoms with Crippen molar-refractivity contribution in [1.82, 2.24) is 20.8 Å². The van der Waals surface area contributed by atoms with Crippen molar-refractivity contribution in [3.8, 4) is 0 Å². The lowest BCUT2D eigenvalue weighted by Crippen LogP contribution is -2.41. The highest BCUT2D eigenvalue weighted by Gasteiger charge is 2.11. The number of hydrazine groups is 1. The molecular weight excluding hydrogens is 416 g/mol. The second-order valence-electron chi connectivity index (χ2n) is 5.93. The molecule has 0 atom stereocenters. The maximum Gasteiger partial charge on any atom is 0.279 e. The van der Waals surface area contributed by atoms with Crippen LogP contribution >= 0.6 is 34.7 Å². The van der Waals surface area contributed by atoms with E-state index in [4.69, 9.17) is 11.6 Å². The first-order valence-corrected chi connectivity index (χ1v) is 10.5. The Bertz CT molecular complexity index is 985. The number of nitrogens with one attached hydrogen (secondary N) is 2. The molecule has 0 fully saturated rings. The molecule has 0 spiro atoms. The van der Waals surface area contributed by atoms with Gasteiger partial charge in [0.2, 0.25) is 0 Å². The number of carbonyl (C=O) groups excluding carboxylic acids is 2. The first kappa shape index (κ1) is 20.3. The monoisotopic (exact) mass is 432 g/mol. The third-order valence-electron chi connectivity index (χ3n) is 3.63. The SMILES string of the molecule is Cc1cc(C)nc(SCc2ccc(C(=O)NNC(=O)c3ccc(Cl)s3)cc2)n1. The molecule has 28 heavy (non-hydrogen) atoms. The first-order chi connectivity index (χ1) is 13.4. The summed E-state index contributed by atoms with van der Waals surface area (Å²) in [5.74, 6) is -0.111. The third kappa shape index (κ3) is 5.54. The average molecular weight is 433 g/mol. The molecule has 2 amide bonds. The zero-order chi connectivity index (χ0) is 20.1. The molecule has 2 N–H and O–H groups in total. The minimum absolute atomic E-state index is 0.396. The Labute approximate surface area is 175 Å². The molecule has 3 rings (SSSR count). The zero-order valence-electron chi connectivity index (χ0n) is 15.2. The van der Waals surface area contributed by atoms with Gasteiger partial charge in [-0.2, -0.15) is 0 Å². The van der Waals surface area contributed by atoms with E-state index in [2.05, 4.69) is 20.8 Å². The molecular formula is C19H17ClN4O2S2. The molecule has 0 aliphatic heterocycles. The molecule has 9 heteroatoms. The molecule has 0 unspecified atom stereocenters. The molecule has 0 radical (unpaired) electrons. The number of nitrogens with zero attached hydrogens (tertiary/aromatic N) is 2. The quantitative estimate of drug-likeness (QED) is 0.359. The molecule has 0 saturated heterocycles. The van der Waals surface area contributed by atoms with E-state index in [0.29, 0.717) is 20.5 Å². The van der Waals surface area contributed by atoms with Crippen LogP contribution in [0.25, 0.3) is 0 Å². The number of halogens is 1. The van der Waals surface area contributed by atoms with Gasteiger partial charge in [0, 0.05) is 22.7 Å². The van der Waals surface area contributed by atoms with Crippen LogP contribution in [0.15, 0.2) is 47.6 Å². The Morgan fingerprint density at radius 1 is 1.00 bits per heavy atom. The van der Waals surface area contributed by atoms with Gasteiger partial charge in [-0.3, -0.25) is 20.4 Å². The summed E-state index contributed by atoms with van der Waals surface area (Å²) in [5.41, 5.74) is 8.14. The summed E-state index contributed by atoms with van der Waals surface area (Å²) in [4.78, 5) is 33.3. The van der Waals surface area contributed by atoms with E-state index in [1.165, 1.54) is 0 Å². The van der Waals surface area contributed by atoms with Gasteiger partial charge in [-0.15, -0.1) is 11.3 Å². The Morgan fingerprint density at radius 3 is 2.25 bits per heavy atom. The lowest BCUT2D eigenvalue weighted by atomic mass is 10.1. The number of amides is 2. The largest absolute Gasteiger partial charge is 0.279 e. The van der Waals surface area contributed by atoms with Crippen LogP contribution in [0.4, 0.5) is 0 Å². The topological polar surface area (TPSA) is 84.0 Å². The van der Waals surface area contributed by atoms with E-state index in [-0.39, 0.29) is 0 Å². The summed E-state index contributed by atoms with van der Waals surface area (Å²) in [6.45, 7) is 3.88. The Balaban J connectivity index is 1.53. The van der Waals surface area contributed by atoms with Gasteiger partial charge in [0.15, 0.2) is 5.16 Å². The summed E-state index contributed by atoms with van der Waals surface area (Å²) >= 11 is 8.48. The van der Waals surface area contributed by atoms with E-state index in [0.717, 1.165) is 33.4 Å². The van der Waals surface area contributed by atoms with Crippen molar-refractivity contribution >= 4 is 46.5 Å². The lowest BCUT2D eigenvalue weighted by molar-refractivity contribution is 0.0849. The minimum Gasteiger partial charge on any atom is -0.267 e. The van der Waals surface area contributed by atoms with Crippen LogP contribution in [0.2, 0.25) is 4.34 Å². The van der Waals surface area contributed by atoms with E-state index in [1.54, 1.807) is 36.0 Å². The highest BCUT2D eigenvalue weighted by Crippen LogP contribution is 2.21. The smallest absolute Gasteiger partial charge is 0.267 e. The van der Waals surface area contributed by atoms with Crippen LogP contribution in [0.5, 0.6) is 0 Å². The second-order valence-corrected chi connectivity index (χ2v) is 8.59. The number of thiophene rings is 1. The third-order valence-corrected chi connectivity index (χ3v) is 5.78. The van der Waals surface area contributed by atoms with Crippen LogP contribution in [-0.2, 0) is 5.75 Å². The fourth-order valence-corrected chi connectivity index (χ4v) is 4.19. The maximum absolute atomic E-state index is 12.2. The van der Waals surface area contributed by atoms with Crippen LogP contribution in [0, 0.1) is 13.8 Å². The van der Waals surface area contributed by atoms with Crippen molar-refractivity contribution < 1.29 is 9.59 Å². The van der Waals surface area contributed by atoms with E-state index < -0.39 is 11.8 Å². The predicted octanol–water partition coefficient (Wildman–Crippen LogP) is 4.18. The average Bonchev–Trinajstić information content (AvgIpc) is 3.10. The number of carbonyl (C=O) groups is 2. The number of rotatable bonds is 5. The van der Waals surface area contributed by atoms with Crippen LogP contribution in [0.1, 0.15) is 37.0 Å². The van der Waals surface area contributed by atoms with Crippen LogP contribution in [0.3, 0.4) is 0 Å². The second kappa shape index (κ2) is 9.18. The molecule has 1 aromatic carbocycles. The van der Waals surface area contributed by atoms with Gasteiger partial charge in [-0.05, 0) is 49.7 Å². The highest BCUT2D eigenvalue weighted by atomic mass is 35.5. The van der Waals surface area contributed by atoms with Gasteiger partial charge in [0.1, 0.15) is 0 Å². The van der Waals surface area contributed by atoms with Gasteiger partial charge in [0.05, 0.1) is 9.21 Å². The van der Waals surface area contributed by atoms with E-state index in [9.17, 15) is 9.59 Å². The fourth-order valence-electron chi connectivity index (χ4n) is 2.34. The fraction of sp³-hybridized carbons (Fsp3) is 0.158. The standard InChI is InChI=1S/C19H17ClN4O2S2/c1-11-9-12(2)22-19(21-11)27-10-13-3-5-14(6-4-13)17(25)23-24-18(26)15-7-8-16(20)28-15/h3-9H,10H2,1-2H3,(H,23,25)(H,24,26). The van der Waals surface area contributed by atoms with Crippen molar-refractivity contribution in [2.75, 3.05) is 0 Å². The number of thioether (sulfide) groups is 1. The van der Waals surface area contributed by atoms with Gasteiger partial charge in [-0.1, -0.05) is 35.5 Å². The van der Waals surface area contributed by atoms with Crippen molar-refractivity contribution in [3.63, 3.8) is 0 Å². The van der Waals surface area contributed by atoms with Crippen LogP contribution < -0.4 is 10.9 Å². The highest BCUT2D eigenvalue weighted by molar-refractivity contribution is 7.98. The lowest BCUT2D eigenvalue weighted by Gasteiger charge is -2.07. The molecule has 0 aliphatic rings. The Morgan fingerprint density at radius 2 is 1.64 bits per heavy atom. The molecule has 3 aromatic rings. The molecule has 0 saturated carbocycles. The van der Waals surface area contributed by atoms with Crippen LogP contribution in [-0.4, -0.2) is 21.8 Å². The zero-order valence-corrected chi connectivity index (χ0v) is 17.5. The number of aryl methyl sites for hydroxylation is 2. The molecule has 2 aromatic heterocycles. The van der Waals surface area contributed by atoms with Gasteiger partial charge in [0.25, 0.3) is 11.8 Å². The normalized spacial score (nSPS) is 10.5. The Kier molecular flexibility index (Phi) is 6.66. The molecule has 0 bridgehead atoms. The number of aromatic nitrogens is 2. The molecule has 0 aliphatic carbocycles. The summed E-state index contributed by atoms with van der Waals surface area (Å²) in [6.07, 6.45) is 0. The van der Waals surface area contributed by atoms with Crippen molar-refractivity contribution in [2.45, 2.75) is 24.8 Å². The molecule has 144 valence electrons. The Hall–Kier alpha value is -2.42. The molecule has 6 nitrogen and oxygen atoms in total.